The van der Waals surface area contributed by atoms with E-state index in [2.05, 4.69) is 5.10 Å². The summed E-state index contributed by atoms with van der Waals surface area (Å²) in [7, 11) is 0. The number of hydrogen-bond acceptors (Lipinski definition) is 4. The predicted molar refractivity (Wildman–Crippen MR) is 88.3 cm³/mol. The van der Waals surface area contributed by atoms with Gasteiger partial charge in [-0.25, -0.2) is 4.68 Å². The van der Waals surface area contributed by atoms with E-state index in [-0.39, 0.29) is 11.2 Å². The molecule has 2 aromatic carbocycles. The van der Waals surface area contributed by atoms with Crippen molar-refractivity contribution in [3.63, 3.8) is 0 Å². The van der Waals surface area contributed by atoms with Crippen LogP contribution >= 0.6 is 11.8 Å². The lowest BCUT2D eigenvalue weighted by Crippen LogP contribution is -2.15. The summed E-state index contributed by atoms with van der Waals surface area (Å²) in [6, 6.07) is 15.4. The van der Waals surface area contributed by atoms with Crippen LogP contribution in [-0.2, 0) is 0 Å². The lowest BCUT2D eigenvalue weighted by Gasteiger charge is -2.00. The van der Waals surface area contributed by atoms with Gasteiger partial charge < -0.3 is 0 Å². The average molecular weight is 327 g/mol. The van der Waals surface area contributed by atoms with Gasteiger partial charge in [-0.05, 0) is 31.2 Å². The average Bonchev–Trinajstić information content (AvgIpc) is 2.84. The Bertz CT molecular complexity index is 899. The van der Waals surface area contributed by atoms with E-state index in [4.69, 9.17) is 0 Å². The molecule has 0 spiro atoms. The van der Waals surface area contributed by atoms with Crippen molar-refractivity contribution < 1.29 is 4.92 Å². The molecule has 0 saturated carbocycles. The lowest BCUT2D eigenvalue weighted by atomic mass is 10.3. The fraction of sp³-hybridized carbons (Fsp3) is 0.0625. The highest BCUT2D eigenvalue weighted by Gasteiger charge is 2.14. The van der Waals surface area contributed by atoms with E-state index in [0.717, 1.165) is 16.3 Å². The number of aromatic amines is 1. The van der Waals surface area contributed by atoms with Crippen LogP contribution in [0.1, 0.15) is 5.69 Å². The maximum atomic E-state index is 12.6. The second-order valence-corrected chi connectivity index (χ2v) is 5.98. The minimum absolute atomic E-state index is 0.0295. The Morgan fingerprint density at radius 3 is 2.35 bits per heavy atom. The van der Waals surface area contributed by atoms with Gasteiger partial charge in [-0.1, -0.05) is 30.0 Å². The second kappa shape index (κ2) is 6.13. The highest BCUT2D eigenvalue weighted by molar-refractivity contribution is 7.99. The van der Waals surface area contributed by atoms with Crippen LogP contribution in [0.3, 0.4) is 0 Å². The predicted octanol–water partition coefficient (Wildman–Crippen LogP) is 3.53. The second-order valence-electron chi connectivity index (χ2n) is 4.90. The number of aromatic nitrogens is 2. The number of nitrogens with one attached hydrogen (secondary N) is 1. The van der Waals surface area contributed by atoms with Crippen LogP contribution < -0.4 is 5.56 Å². The Morgan fingerprint density at radius 1 is 1.09 bits per heavy atom. The third kappa shape index (κ3) is 3.04. The first-order valence-electron chi connectivity index (χ1n) is 6.85. The summed E-state index contributed by atoms with van der Waals surface area (Å²) in [4.78, 5) is 24.2. The van der Waals surface area contributed by atoms with Gasteiger partial charge >= 0.3 is 0 Å². The van der Waals surface area contributed by atoms with E-state index < -0.39 is 4.92 Å². The van der Waals surface area contributed by atoms with Crippen molar-refractivity contribution in [1.29, 1.82) is 0 Å². The van der Waals surface area contributed by atoms with E-state index >= 15 is 0 Å². The van der Waals surface area contributed by atoms with Crippen molar-refractivity contribution >= 4 is 17.4 Å². The van der Waals surface area contributed by atoms with Crippen molar-refractivity contribution in [1.82, 2.24) is 9.78 Å². The minimum Gasteiger partial charge on any atom is -0.294 e. The zero-order valence-corrected chi connectivity index (χ0v) is 13.0. The van der Waals surface area contributed by atoms with Gasteiger partial charge in [0.25, 0.3) is 11.2 Å². The molecular weight excluding hydrogens is 314 g/mol. The number of non-ortho nitro benzene ring substituents is 1. The molecule has 116 valence electrons. The Labute approximate surface area is 135 Å². The maximum absolute atomic E-state index is 12.6. The summed E-state index contributed by atoms with van der Waals surface area (Å²) >= 11 is 1.29. The molecule has 1 aromatic heterocycles. The van der Waals surface area contributed by atoms with Gasteiger partial charge in [0.05, 0.1) is 15.5 Å². The molecule has 0 fully saturated rings. The molecular formula is C16H13N3O3S. The van der Waals surface area contributed by atoms with Gasteiger partial charge in [0.15, 0.2) is 0 Å². The molecule has 0 saturated heterocycles. The van der Waals surface area contributed by atoms with Gasteiger partial charge in [-0.2, -0.15) is 0 Å². The normalized spacial score (nSPS) is 10.7. The maximum Gasteiger partial charge on any atom is 0.285 e. The van der Waals surface area contributed by atoms with Gasteiger partial charge in [-0.3, -0.25) is 20.0 Å². The Hall–Kier alpha value is -2.80. The zero-order chi connectivity index (χ0) is 16.4. The molecule has 23 heavy (non-hydrogen) atoms. The van der Waals surface area contributed by atoms with Crippen molar-refractivity contribution in [2.24, 2.45) is 0 Å². The summed E-state index contributed by atoms with van der Waals surface area (Å²) in [5.41, 5.74) is 1.40. The number of nitrogens with zero attached hydrogens (tertiary/aromatic N) is 2. The van der Waals surface area contributed by atoms with Gasteiger partial charge in [0.2, 0.25) is 0 Å². The largest absolute Gasteiger partial charge is 0.294 e. The molecule has 0 bridgehead atoms. The lowest BCUT2D eigenvalue weighted by molar-refractivity contribution is -0.384. The van der Waals surface area contributed by atoms with Gasteiger partial charge in [0, 0.05) is 22.7 Å². The SMILES string of the molecule is Cc1[nH]n(-c2ccccc2)c(=O)c1Sc1ccc([N+](=O)[O-])cc1. The quantitative estimate of drug-likeness (QED) is 0.587. The highest BCUT2D eigenvalue weighted by atomic mass is 32.2. The fourth-order valence-electron chi connectivity index (χ4n) is 2.16. The van der Waals surface area contributed by atoms with E-state index in [1.54, 1.807) is 12.1 Å². The third-order valence-corrected chi connectivity index (χ3v) is 4.49. The van der Waals surface area contributed by atoms with Crippen molar-refractivity contribution in [2.45, 2.75) is 16.7 Å². The molecule has 0 aliphatic carbocycles. The number of aryl methyl sites for hydroxylation is 1. The number of para-hydroxylation sites is 1. The van der Waals surface area contributed by atoms with Crippen LogP contribution in [0.2, 0.25) is 0 Å². The van der Waals surface area contributed by atoms with Crippen LogP contribution in [0.15, 0.2) is 69.2 Å². The molecule has 1 N–H and O–H groups in total. The van der Waals surface area contributed by atoms with Crippen molar-refractivity contribution in [2.75, 3.05) is 0 Å². The van der Waals surface area contributed by atoms with E-state index in [9.17, 15) is 14.9 Å². The summed E-state index contributed by atoms with van der Waals surface area (Å²) in [5.74, 6) is 0. The van der Waals surface area contributed by atoms with Crippen molar-refractivity contribution in [3.8, 4) is 5.69 Å². The Balaban J connectivity index is 1.94. The topological polar surface area (TPSA) is 80.9 Å². The number of rotatable bonds is 4. The number of nitro groups is 1. The Kier molecular flexibility index (Phi) is 4.03. The van der Waals surface area contributed by atoms with Crippen LogP contribution in [0, 0.1) is 17.0 Å². The molecule has 0 amide bonds. The number of benzene rings is 2. The summed E-state index contributed by atoms with van der Waals surface area (Å²) < 4.78 is 1.49. The van der Waals surface area contributed by atoms with Gasteiger partial charge in [0.1, 0.15) is 0 Å². The number of hydrogen-bond donors (Lipinski definition) is 1. The smallest absolute Gasteiger partial charge is 0.285 e. The Morgan fingerprint density at radius 2 is 1.74 bits per heavy atom. The molecule has 6 nitrogen and oxygen atoms in total. The molecule has 3 rings (SSSR count). The molecule has 7 heteroatoms. The minimum atomic E-state index is -0.446. The van der Waals surface area contributed by atoms with Gasteiger partial charge in [-0.15, -0.1) is 0 Å². The molecule has 1 heterocycles. The number of H-pyrrole nitrogens is 1. The molecule has 0 atom stereocenters. The van der Waals surface area contributed by atoms with Crippen molar-refractivity contribution in [3.05, 3.63) is 80.8 Å². The number of nitro benzene ring substituents is 1. The first kappa shape index (κ1) is 15.1. The first-order chi connectivity index (χ1) is 11.1. The summed E-state index contributed by atoms with van der Waals surface area (Å²) in [6.45, 7) is 1.83. The van der Waals surface area contributed by atoms with E-state index in [0.29, 0.717) is 4.90 Å². The molecule has 0 unspecified atom stereocenters. The van der Waals surface area contributed by atoms with Crippen LogP contribution in [0.4, 0.5) is 5.69 Å². The first-order valence-corrected chi connectivity index (χ1v) is 7.67. The van der Waals surface area contributed by atoms with Crippen LogP contribution in [0.5, 0.6) is 0 Å². The summed E-state index contributed by atoms with van der Waals surface area (Å²) in [6.07, 6.45) is 0. The third-order valence-electron chi connectivity index (χ3n) is 3.30. The fourth-order valence-corrected chi connectivity index (χ4v) is 3.05. The van der Waals surface area contributed by atoms with E-state index in [1.165, 1.54) is 28.6 Å². The molecule has 3 aromatic rings. The monoisotopic (exact) mass is 327 g/mol. The zero-order valence-electron chi connectivity index (χ0n) is 12.2. The van der Waals surface area contributed by atoms with E-state index in [1.807, 2.05) is 37.3 Å². The van der Waals surface area contributed by atoms with Crippen LogP contribution in [0.25, 0.3) is 5.69 Å². The standard InChI is InChI=1S/C16H13N3O3S/c1-11-15(23-14-9-7-13(8-10-14)19(21)22)16(20)18(17-11)12-5-3-2-4-6-12/h2-10,17H,1H3. The highest BCUT2D eigenvalue weighted by Crippen LogP contribution is 2.28. The summed E-state index contributed by atoms with van der Waals surface area (Å²) in [5, 5.41) is 13.7. The molecule has 0 aliphatic heterocycles. The molecule has 0 aliphatic rings. The van der Waals surface area contributed by atoms with Crippen LogP contribution in [-0.4, -0.2) is 14.7 Å². The molecule has 0 radical (unpaired) electrons.